The van der Waals surface area contributed by atoms with Crippen molar-refractivity contribution in [2.24, 2.45) is 11.8 Å². The average Bonchev–Trinajstić information content (AvgIpc) is 3.39. The average molecular weight is 341 g/mol. The predicted octanol–water partition coefficient (Wildman–Crippen LogP) is 3.19. The number of pyridine rings is 1. The van der Waals surface area contributed by atoms with E-state index in [4.69, 9.17) is 0 Å². The van der Waals surface area contributed by atoms with Crippen LogP contribution in [0.5, 0.6) is 0 Å². The smallest absolute Gasteiger partial charge is 0.359 e. The Bertz CT molecular complexity index is 593. The third-order valence-corrected chi connectivity index (χ3v) is 4.85. The lowest BCUT2D eigenvalue weighted by Gasteiger charge is -2.34. The fourth-order valence-electron chi connectivity index (χ4n) is 3.21. The molecule has 0 radical (unpaired) electrons. The predicted molar refractivity (Wildman–Crippen MR) is 84.5 cm³/mol. The molecule has 1 aliphatic carbocycles. The molecule has 1 aliphatic heterocycles. The molecule has 1 amide bonds. The lowest BCUT2D eigenvalue weighted by atomic mass is 9.96. The molecule has 1 saturated carbocycles. The highest BCUT2D eigenvalue weighted by atomic mass is 19.4. The van der Waals surface area contributed by atoms with Crippen LogP contribution in [-0.4, -0.2) is 42.5 Å². The number of likely N-dealkylation sites (tertiary alicyclic amines) is 1. The lowest BCUT2D eigenvalue weighted by molar-refractivity contribution is -0.137. The first kappa shape index (κ1) is 17.0. The molecular formula is C17H22F3N3O. The van der Waals surface area contributed by atoms with Crippen LogP contribution in [-0.2, 0) is 11.0 Å². The first-order valence-corrected chi connectivity index (χ1v) is 8.38. The molecule has 7 heteroatoms. The van der Waals surface area contributed by atoms with E-state index in [1.807, 2.05) is 4.90 Å². The molecule has 1 aromatic heterocycles. The van der Waals surface area contributed by atoms with Gasteiger partial charge in [-0.1, -0.05) is 0 Å². The number of aromatic nitrogens is 1. The molecule has 132 valence electrons. The molecule has 0 aromatic carbocycles. The maximum absolute atomic E-state index is 12.8. The summed E-state index contributed by atoms with van der Waals surface area (Å²) < 4.78 is 38.4. The van der Waals surface area contributed by atoms with Gasteiger partial charge >= 0.3 is 6.18 Å². The summed E-state index contributed by atoms with van der Waals surface area (Å²) in [6.45, 7) is 2.16. The summed E-state index contributed by atoms with van der Waals surface area (Å²) in [5.74, 6) is 1.23. The van der Waals surface area contributed by atoms with Crippen LogP contribution in [0.15, 0.2) is 18.3 Å². The Hall–Kier alpha value is -1.79. The molecular weight excluding hydrogens is 319 g/mol. The number of rotatable bonds is 4. The fourth-order valence-corrected chi connectivity index (χ4v) is 3.21. The molecule has 2 fully saturated rings. The van der Waals surface area contributed by atoms with Crippen molar-refractivity contribution >= 4 is 11.7 Å². The van der Waals surface area contributed by atoms with E-state index in [-0.39, 0.29) is 11.8 Å². The van der Waals surface area contributed by atoms with Gasteiger partial charge in [0, 0.05) is 38.8 Å². The van der Waals surface area contributed by atoms with Crippen LogP contribution in [0.25, 0.3) is 0 Å². The van der Waals surface area contributed by atoms with Crippen molar-refractivity contribution in [1.29, 1.82) is 0 Å². The number of halogens is 3. The number of alkyl halides is 3. The number of nitrogens with zero attached hydrogens (tertiary/aromatic N) is 3. The van der Waals surface area contributed by atoms with Crippen molar-refractivity contribution in [2.75, 3.05) is 31.6 Å². The molecule has 2 heterocycles. The monoisotopic (exact) mass is 341 g/mol. The normalized spacial score (nSPS) is 19.4. The Labute approximate surface area is 139 Å². The van der Waals surface area contributed by atoms with Crippen LogP contribution < -0.4 is 4.90 Å². The Morgan fingerprint density at radius 1 is 1.29 bits per heavy atom. The maximum atomic E-state index is 12.8. The largest absolute Gasteiger partial charge is 0.416 e. The van der Waals surface area contributed by atoms with Gasteiger partial charge in [-0.15, -0.1) is 0 Å². The topological polar surface area (TPSA) is 36.4 Å². The van der Waals surface area contributed by atoms with E-state index in [0.717, 1.165) is 50.9 Å². The van der Waals surface area contributed by atoms with Crippen LogP contribution >= 0.6 is 0 Å². The first-order valence-electron chi connectivity index (χ1n) is 8.38. The van der Waals surface area contributed by atoms with Gasteiger partial charge in [-0.05, 0) is 43.7 Å². The minimum absolute atomic E-state index is 0.249. The number of piperidine rings is 1. The van der Waals surface area contributed by atoms with Crippen LogP contribution in [0.2, 0.25) is 0 Å². The van der Waals surface area contributed by atoms with Crippen molar-refractivity contribution in [2.45, 2.75) is 31.9 Å². The highest BCUT2D eigenvalue weighted by Gasteiger charge is 2.35. The van der Waals surface area contributed by atoms with Crippen molar-refractivity contribution in [3.63, 3.8) is 0 Å². The van der Waals surface area contributed by atoms with Crippen molar-refractivity contribution in [3.05, 3.63) is 23.9 Å². The molecule has 0 bridgehead atoms. The van der Waals surface area contributed by atoms with Gasteiger partial charge in [0.25, 0.3) is 0 Å². The van der Waals surface area contributed by atoms with E-state index in [1.165, 1.54) is 6.20 Å². The molecule has 0 unspecified atom stereocenters. The number of carbonyl (C=O) groups is 1. The van der Waals surface area contributed by atoms with Crippen molar-refractivity contribution < 1.29 is 18.0 Å². The standard InChI is InChI=1S/C17H22F3N3O/c1-22(15-10-14(4-7-21-15)17(18,19)20)11-12-5-8-23(9-6-12)16(24)13-2-3-13/h4,7,10,12-13H,2-3,5-6,8-9,11H2,1H3. The third-order valence-electron chi connectivity index (χ3n) is 4.85. The Kier molecular flexibility index (Phi) is 4.69. The molecule has 4 nitrogen and oxygen atoms in total. The summed E-state index contributed by atoms with van der Waals surface area (Å²) in [4.78, 5) is 19.8. The number of hydrogen-bond acceptors (Lipinski definition) is 3. The lowest BCUT2D eigenvalue weighted by Crippen LogP contribution is -2.41. The van der Waals surface area contributed by atoms with Crippen LogP contribution in [0, 0.1) is 11.8 Å². The van der Waals surface area contributed by atoms with Gasteiger partial charge in [-0.25, -0.2) is 4.98 Å². The van der Waals surface area contributed by atoms with Gasteiger partial charge in [-0.3, -0.25) is 4.79 Å². The van der Waals surface area contributed by atoms with Crippen molar-refractivity contribution in [3.8, 4) is 0 Å². The van der Waals surface area contributed by atoms with Gasteiger partial charge in [0.15, 0.2) is 0 Å². The van der Waals surface area contributed by atoms with Crippen LogP contribution in [0.3, 0.4) is 0 Å². The number of carbonyl (C=O) groups excluding carboxylic acids is 1. The first-order chi connectivity index (χ1) is 11.3. The van der Waals surface area contributed by atoms with Gasteiger partial charge in [0.1, 0.15) is 5.82 Å². The molecule has 1 saturated heterocycles. The minimum atomic E-state index is -4.35. The summed E-state index contributed by atoms with van der Waals surface area (Å²) in [6, 6.07) is 2.07. The van der Waals surface area contributed by atoms with Crippen LogP contribution in [0.1, 0.15) is 31.2 Å². The van der Waals surface area contributed by atoms with Gasteiger partial charge < -0.3 is 9.80 Å². The second-order valence-corrected chi connectivity index (χ2v) is 6.82. The van der Waals surface area contributed by atoms with E-state index in [1.54, 1.807) is 11.9 Å². The van der Waals surface area contributed by atoms with Gasteiger partial charge in [0.05, 0.1) is 5.56 Å². The maximum Gasteiger partial charge on any atom is 0.416 e. The highest BCUT2D eigenvalue weighted by molar-refractivity contribution is 5.81. The molecule has 0 N–H and O–H groups in total. The number of hydrogen-bond donors (Lipinski definition) is 0. The molecule has 3 rings (SSSR count). The second kappa shape index (κ2) is 6.61. The van der Waals surface area contributed by atoms with Gasteiger partial charge in [0.2, 0.25) is 5.91 Å². The van der Waals surface area contributed by atoms with Crippen molar-refractivity contribution in [1.82, 2.24) is 9.88 Å². The van der Waals surface area contributed by atoms with Gasteiger partial charge in [-0.2, -0.15) is 13.2 Å². The summed E-state index contributed by atoms with van der Waals surface area (Å²) in [7, 11) is 1.77. The van der Waals surface area contributed by atoms with E-state index >= 15 is 0 Å². The highest BCUT2D eigenvalue weighted by Crippen LogP contribution is 2.33. The van der Waals surface area contributed by atoms with E-state index in [2.05, 4.69) is 4.98 Å². The number of amides is 1. The Morgan fingerprint density at radius 2 is 1.96 bits per heavy atom. The Balaban J connectivity index is 1.54. The summed E-state index contributed by atoms with van der Waals surface area (Å²) in [5, 5.41) is 0. The summed E-state index contributed by atoms with van der Waals surface area (Å²) in [6.07, 6.45) is 0.660. The fraction of sp³-hybridized carbons (Fsp3) is 0.647. The van der Waals surface area contributed by atoms with E-state index < -0.39 is 11.7 Å². The molecule has 24 heavy (non-hydrogen) atoms. The van der Waals surface area contributed by atoms with E-state index in [9.17, 15) is 18.0 Å². The zero-order valence-corrected chi connectivity index (χ0v) is 13.7. The Morgan fingerprint density at radius 3 is 2.54 bits per heavy atom. The molecule has 2 aliphatic rings. The third kappa shape index (κ3) is 3.99. The molecule has 0 spiro atoms. The molecule has 0 atom stereocenters. The van der Waals surface area contributed by atoms with Crippen LogP contribution in [0.4, 0.5) is 19.0 Å². The van der Waals surface area contributed by atoms with E-state index in [0.29, 0.717) is 18.3 Å². The quantitative estimate of drug-likeness (QED) is 0.844. The minimum Gasteiger partial charge on any atom is -0.359 e. The zero-order valence-electron chi connectivity index (χ0n) is 13.7. The zero-order chi connectivity index (χ0) is 17.3. The summed E-state index contributed by atoms with van der Waals surface area (Å²) >= 11 is 0. The SMILES string of the molecule is CN(CC1CCN(C(=O)C2CC2)CC1)c1cc(C(F)(F)F)ccn1. The molecule has 1 aromatic rings. The number of anilines is 1. The summed E-state index contributed by atoms with van der Waals surface area (Å²) in [5.41, 5.74) is -0.677. The second-order valence-electron chi connectivity index (χ2n) is 6.82.